The van der Waals surface area contributed by atoms with Crippen molar-refractivity contribution in [2.75, 3.05) is 0 Å². The zero-order chi connectivity index (χ0) is 9.42. The van der Waals surface area contributed by atoms with Crippen LogP contribution < -0.4 is 0 Å². The number of fused-ring (bicyclic) bond motifs is 2. The molecule has 0 spiro atoms. The van der Waals surface area contributed by atoms with Crippen molar-refractivity contribution in [3.63, 3.8) is 0 Å². The van der Waals surface area contributed by atoms with Gasteiger partial charge in [0.1, 0.15) is 0 Å². The van der Waals surface area contributed by atoms with Crippen LogP contribution in [0.2, 0.25) is 0 Å². The maximum absolute atomic E-state index is 11.5. The van der Waals surface area contributed by atoms with Crippen LogP contribution in [0.5, 0.6) is 0 Å². The summed E-state index contributed by atoms with van der Waals surface area (Å²) >= 11 is 0. The van der Waals surface area contributed by atoms with Crippen molar-refractivity contribution in [2.24, 2.45) is 17.8 Å². The number of hydrogen-bond acceptors (Lipinski definition) is 1. The van der Waals surface area contributed by atoms with Crippen LogP contribution in [0.3, 0.4) is 0 Å². The molecule has 70 valence electrons. The zero-order valence-corrected chi connectivity index (χ0v) is 8.12. The zero-order valence-electron chi connectivity index (χ0n) is 8.12. The van der Waals surface area contributed by atoms with E-state index in [4.69, 9.17) is 0 Å². The van der Waals surface area contributed by atoms with E-state index in [-0.39, 0.29) is 5.78 Å². The van der Waals surface area contributed by atoms with E-state index in [2.05, 4.69) is 19.6 Å². The van der Waals surface area contributed by atoms with Gasteiger partial charge in [-0.3, -0.25) is 4.79 Å². The first-order valence-electron chi connectivity index (χ1n) is 5.07. The van der Waals surface area contributed by atoms with Crippen LogP contribution in [0.15, 0.2) is 24.3 Å². The minimum atomic E-state index is 0.266. The summed E-state index contributed by atoms with van der Waals surface area (Å²) in [6.45, 7) is 5.68. The van der Waals surface area contributed by atoms with E-state index in [1.54, 1.807) is 5.57 Å². The summed E-state index contributed by atoms with van der Waals surface area (Å²) < 4.78 is 0. The van der Waals surface area contributed by atoms with Crippen molar-refractivity contribution in [1.82, 2.24) is 0 Å². The topological polar surface area (TPSA) is 17.1 Å². The van der Waals surface area contributed by atoms with Gasteiger partial charge in [0.25, 0.3) is 0 Å². The summed E-state index contributed by atoms with van der Waals surface area (Å²) in [5.74, 6) is 1.90. The van der Waals surface area contributed by atoms with Gasteiger partial charge in [0.2, 0.25) is 0 Å². The molecule has 1 nitrogen and oxygen atoms in total. The number of hydrogen-bond donors (Lipinski definition) is 0. The summed E-state index contributed by atoms with van der Waals surface area (Å²) in [6.07, 6.45) is 7.21. The predicted octanol–water partition coefficient (Wildman–Crippen LogP) is 2.73. The van der Waals surface area contributed by atoms with Crippen molar-refractivity contribution in [3.8, 4) is 0 Å². The summed E-state index contributed by atoms with van der Waals surface area (Å²) in [6, 6.07) is 0. The first-order valence-corrected chi connectivity index (χ1v) is 5.07. The normalized spacial score (nSPS) is 39.8. The second-order valence-corrected chi connectivity index (χ2v) is 4.21. The summed E-state index contributed by atoms with van der Waals surface area (Å²) in [5.41, 5.74) is 1.58. The lowest BCUT2D eigenvalue weighted by molar-refractivity contribution is -0.119. The summed E-state index contributed by atoms with van der Waals surface area (Å²) in [4.78, 5) is 11.5. The molecular formula is C12H16O. The van der Waals surface area contributed by atoms with Gasteiger partial charge >= 0.3 is 0 Å². The lowest BCUT2D eigenvalue weighted by Crippen LogP contribution is -2.19. The summed E-state index contributed by atoms with van der Waals surface area (Å²) in [7, 11) is 0. The molecule has 3 atom stereocenters. The second-order valence-electron chi connectivity index (χ2n) is 4.21. The van der Waals surface area contributed by atoms with Crippen molar-refractivity contribution in [3.05, 3.63) is 24.3 Å². The third-order valence-corrected chi connectivity index (χ3v) is 3.65. The van der Waals surface area contributed by atoms with Crippen LogP contribution >= 0.6 is 0 Å². The van der Waals surface area contributed by atoms with E-state index < -0.39 is 0 Å². The van der Waals surface area contributed by atoms with Crippen LogP contribution in [0.25, 0.3) is 0 Å². The van der Waals surface area contributed by atoms with Gasteiger partial charge in [0.05, 0.1) is 0 Å². The van der Waals surface area contributed by atoms with Gasteiger partial charge in [0.15, 0.2) is 5.78 Å². The van der Waals surface area contributed by atoms with Crippen molar-refractivity contribution in [2.45, 2.75) is 26.2 Å². The summed E-state index contributed by atoms with van der Waals surface area (Å²) in [5, 5.41) is 0. The molecule has 3 unspecified atom stereocenters. The number of carbonyl (C=O) groups excluding carboxylic acids is 1. The molecule has 2 saturated carbocycles. The van der Waals surface area contributed by atoms with Gasteiger partial charge in [-0.1, -0.05) is 18.2 Å². The van der Waals surface area contributed by atoms with Crippen molar-refractivity contribution >= 4 is 5.78 Å². The molecule has 0 aromatic heterocycles. The van der Waals surface area contributed by atoms with Crippen LogP contribution in [-0.4, -0.2) is 5.78 Å². The molecule has 2 bridgehead atoms. The fourth-order valence-electron chi connectivity index (χ4n) is 2.98. The Balaban J connectivity index is 2.11. The highest BCUT2D eigenvalue weighted by Crippen LogP contribution is 2.51. The van der Waals surface area contributed by atoms with E-state index in [0.29, 0.717) is 17.8 Å². The molecule has 2 rings (SSSR count). The monoisotopic (exact) mass is 176 g/mol. The maximum Gasteiger partial charge on any atom is 0.158 e. The first kappa shape index (κ1) is 8.74. The van der Waals surface area contributed by atoms with E-state index in [1.807, 2.05) is 0 Å². The molecule has 0 radical (unpaired) electrons. The molecule has 0 aromatic rings. The smallest absolute Gasteiger partial charge is 0.158 e. The van der Waals surface area contributed by atoms with E-state index >= 15 is 0 Å². The molecule has 2 aliphatic rings. The molecule has 0 aliphatic heterocycles. The average Bonchev–Trinajstić information content (AvgIpc) is 2.74. The molecule has 2 aliphatic carbocycles. The minimum absolute atomic E-state index is 0.266. The Morgan fingerprint density at radius 2 is 2.31 bits per heavy atom. The van der Waals surface area contributed by atoms with E-state index in [1.165, 1.54) is 12.5 Å². The lowest BCUT2D eigenvalue weighted by atomic mass is 9.83. The highest BCUT2D eigenvalue weighted by molar-refractivity contribution is 5.91. The second kappa shape index (κ2) is 3.13. The number of carbonyl (C=O) groups is 1. The Morgan fingerprint density at radius 3 is 2.77 bits per heavy atom. The SMILES string of the molecule is C=CC(=O)C1CC2CC1C/C2=C\C. The number of allylic oxidation sites excluding steroid dienone is 3. The van der Waals surface area contributed by atoms with Gasteiger partial charge in [-0.15, -0.1) is 0 Å². The quantitative estimate of drug-likeness (QED) is 0.467. The number of ketones is 1. The minimum Gasteiger partial charge on any atom is -0.295 e. The van der Waals surface area contributed by atoms with Gasteiger partial charge in [0, 0.05) is 5.92 Å². The molecule has 1 heteroatoms. The average molecular weight is 176 g/mol. The fraction of sp³-hybridized carbons (Fsp3) is 0.583. The fourth-order valence-corrected chi connectivity index (χ4v) is 2.98. The molecule has 0 N–H and O–H groups in total. The van der Waals surface area contributed by atoms with Crippen LogP contribution in [0.1, 0.15) is 26.2 Å². The molecular weight excluding hydrogens is 160 g/mol. The van der Waals surface area contributed by atoms with E-state index in [9.17, 15) is 4.79 Å². The van der Waals surface area contributed by atoms with E-state index in [0.717, 1.165) is 12.8 Å². The highest BCUT2D eigenvalue weighted by atomic mass is 16.1. The predicted molar refractivity (Wildman–Crippen MR) is 53.3 cm³/mol. The van der Waals surface area contributed by atoms with Gasteiger partial charge < -0.3 is 0 Å². The van der Waals surface area contributed by atoms with Crippen LogP contribution in [-0.2, 0) is 4.79 Å². The molecule has 0 heterocycles. The third-order valence-electron chi connectivity index (χ3n) is 3.65. The largest absolute Gasteiger partial charge is 0.295 e. The molecule has 0 saturated heterocycles. The lowest BCUT2D eigenvalue weighted by Gasteiger charge is -2.20. The standard InChI is InChI=1S/C12H16O/c1-3-8-5-10-6-9(8)7-11(10)12(13)4-2/h3-4,9-11H,2,5-7H2,1H3/b8-3+. The van der Waals surface area contributed by atoms with Crippen molar-refractivity contribution in [1.29, 1.82) is 0 Å². The molecule has 13 heavy (non-hydrogen) atoms. The first-order chi connectivity index (χ1) is 6.26. The van der Waals surface area contributed by atoms with Gasteiger partial charge in [-0.05, 0) is 44.1 Å². The molecule has 2 fully saturated rings. The molecule has 0 aromatic carbocycles. The van der Waals surface area contributed by atoms with Crippen LogP contribution in [0.4, 0.5) is 0 Å². The van der Waals surface area contributed by atoms with Crippen LogP contribution in [0, 0.1) is 17.8 Å². The Kier molecular flexibility index (Phi) is 2.10. The Hall–Kier alpha value is -0.850. The Morgan fingerprint density at radius 1 is 1.54 bits per heavy atom. The number of rotatable bonds is 2. The maximum atomic E-state index is 11.5. The van der Waals surface area contributed by atoms with Gasteiger partial charge in [-0.25, -0.2) is 0 Å². The van der Waals surface area contributed by atoms with Crippen molar-refractivity contribution < 1.29 is 4.79 Å². The highest BCUT2D eigenvalue weighted by Gasteiger charge is 2.44. The van der Waals surface area contributed by atoms with Gasteiger partial charge in [-0.2, -0.15) is 0 Å². The molecule has 0 amide bonds. The Labute approximate surface area is 79.5 Å². The third kappa shape index (κ3) is 1.27. The Bertz CT molecular complexity index is 275.